The summed E-state index contributed by atoms with van der Waals surface area (Å²) in [5, 5.41) is 3.02. The first-order valence-electron chi connectivity index (χ1n) is 8.26. The van der Waals surface area contributed by atoms with Crippen LogP contribution in [0.1, 0.15) is 63.0 Å². The second-order valence-electron chi connectivity index (χ2n) is 6.78. The Labute approximate surface area is 124 Å². The Morgan fingerprint density at radius 1 is 1.29 bits per heavy atom. The van der Waals surface area contributed by atoms with Crippen molar-refractivity contribution in [2.24, 2.45) is 5.41 Å². The van der Waals surface area contributed by atoms with E-state index in [0.29, 0.717) is 18.5 Å². The van der Waals surface area contributed by atoms with Crippen LogP contribution in [0.15, 0.2) is 6.20 Å². The number of anilines is 1. The van der Waals surface area contributed by atoms with Gasteiger partial charge >= 0.3 is 0 Å². The Bertz CT molecular complexity index is 537. The molecule has 2 saturated carbocycles. The van der Waals surface area contributed by atoms with Crippen molar-refractivity contribution in [3.63, 3.8) is 0 Å². The van der Waals surface area contributed by atoms with E-state index in [1.807, 2.05) is 6.20 Å². The lowest BCUT2D eigenvalue weighted by Gasteiger charge is -2.30. The highest BCUT2D eigenvalue weighted by Gasteiger charge is 2.50. The number of imidazole rings is 1. The SMILES string of the molecule is O=C(Nc1ncc(C2CC2)[nH]1)[C@@]12CCCCC[C@H]1OCC2. The number of aromatic amines is 1. The minimum Gasteiger partial charge on any atom is -0.377 e. The number of amides is 1. The van der Waals surface area contributed by atoms with Gasteiger partial charge in [0.25, 0.3) is 0 Å². The summed E-state index contributed by atoms with van der Waals surface area (Å²) in [6, 6.07) is 0. The monoisotopic (exact) mass is 289 g/mol. The van der Waals surface area contributed by atoms with Crippen LogP contribution in [0, 0.1) is 5.41 Å². The number of nitrogens with zero attached hydrogens (tertiary/aromatic N) is 1. The molecule has 2 N–H and O–H groups in total. The number of nitrogens with one attached hydrogen (secondary N) is 2. The number of carbonyl (C=O) groups is 1. The molecule has 1 amide bonds. The van der Waals surface area contributed by atoms with Gasteiger partial charge in [0.2, 0.25) is 11.9 Å². The molecule has 1 aromatic rings. The molecule has 0 unspecified atom stereocenters. The third kappa shape index (κ3) is 2.37. The predicted molar refractivity (Wildman–Crippen MR) is 79.1 cm³/mol. The first-order chi connectivity index (χ1) is 10.3. The molecule has 3 fully saturated rings. The zero-order chi connectivity index (χ0) is 14.3. The molecule has 2 heterocycles. The van der Waals surface area contributed by atoms with Crippen molar-refractivity contribution < 1.29 is 9.53 Å². The first-order valence-corrected chi connectivity index (χ1v) is 8.26. The van der Waals surface area contributed by atoms with E-state index in [1.54, 1.807) is 0 Å². The van der Waals surface area contributed by atoms with E-state index in [1.165, 1.54) is 25.7 Å². The van der Waals surface area contributed by atoms with E-state index in [2.05, 4.69) is 15.3 Å². The molecular formula is C16H23N3O2. The molecule has 5 nitrogen and oxygen atoms in total. The van der Waals surface area contributed by atoms with Crippen LogP contribution < -0.4 is 5.32 Å². The summed E-state index contributed by atoms with van der Waals surface area (Å²) in [5.74, 6) is 1.33. The molecule has 0 spiro atoms. The van der Waals surface area contributed by atoms with Crippen molar-refractivity contribution in [3.8, 4) is 0 Å². The third-order valence-corrected chi connectivity index (χ3v) is 5.37. The quantitative estimate of drug-likeness (QED) is 0.899. The summed E-state index contributed by atoms with van der Waals surface area (Å²) in [6.45, 7) is 0.712. The lowest BCUT2D eigenvalue weighted by molar-refractivity contribution is -0.129. The molecule has 114 valence electrons. The maximum Gasteiger partial charge on any atom is 0.235 e. The molecule has 0 bridgehead atoms. The number of H-pyrrole nitrogens is 1. The van der Waals surface area contributed by atoms with E-state index in [0.717, 1.165) is 31.4 Å². The molecule has 4 rings (SSSR count). The molecule has 1 aromatic heterocycles. The molecule has 3 aliphatic rings. The fraction of sp³-hybridized carbons (Fsp3) is 0.750. The van der Waals surface area contributed by atoms with Gasteiger partial charge in [0.05, 0.1) is 17.7 Å². The van der Waals surface area contributed by atoms with Gasteiger partial charge in [0.15, 0.2) is 0 Å². The summed E-state index contributed by atoms with van der Waals surface area (Å²) >= 11 is 0. The summed E-state index contributed by atoms with van der Waals surface area (Å²) < 4.78 is 5.86. The fourth-order valence-electron chi connectivity index (χ4n) is 3.90. The van der Waals surface area contributed by atoms with Crippen LogP contribution >= 0.6 is 0 Å². The molecule has 5 heteroatoms. The largest absolute Gasteiger partial charge is 0.377 e. The zero-order valence-corrected chi connectivity index (χ0v) is 12.4. The Kier molecular flexibility index (Phi) is 3.25. The molecule has 1 saturated heterocycles. The number of fused-ring (bicyclic) bond motifs is 1. The molecule has 1 aliphatic heterocycles. The van der Waals surface area contributed by atoms with Crippen molar-refractivity contribution in [1.29, 1.82) is 0 Å². The van der Waals surface area contributed by atoms with Gasteiger partial charge in [0, 0.05) is 18.2 Å². The Balaban J connectivity index is 1.51. The van der Waals surface area contributed by atoms with Gasteiger partial charge in [-0.05, 0) is 32.1 Å². The Morgan fingerprint density at radius 3 is 3.05 bits per heavy atom. The molecule has 2 aliphatic carbocycles. The van der Waals surface area contributed by atoms with Crippen LogP contribution in [0.4, 0.5) is 5.95 Å². The number of rotatable bonds is 3. The predicted octanol–water partition coefficient (Wildman–Crippen LogP) is 2.97. The van der Waals surface area contributed by atoms with Crippen LogP contribution in [-0.4, -0.2) is 28.6 Å². The van der Waals surface area contributed by atoms with Crippen LogP contribution in [0.5, 0.6) is 0 Å². The number of ether oxygens (including phenoxy) is 1. The van der Waals surface area contributed by atoms with Crippen molar-refractivity contribution in [3.05, 3.63) is 11.9 Å². The fourth-order valence-corrected chi connectivity index (χ4v) is 3.90. The van der Waals surface area contributed by atoms with Crippen molar-refractivity contribution in [2.75, 3.05) is 11.9 Å². The number of carbonyl (C=O) groups excluding carboxylic acids is 1. The minimum atomic E-state index is -0.330. The molecule has 0 radical (unpaired) electrons. The van der Waals surface area contributed by atoms with Crippen molar-refractivity contribution in [2.45, 2.75) is 63.4 Å². The number of hydrogen-bond acceptors (Lipinski definition) is 3. The third-order valence-electron chi connectivity index (χ3n) is 5.37. The van der Waals surface area contributed by atoms with Gasteiger partial charge < -0.3 is 9.72 Å². The lowest BCUT2D eigenvalue weighted by atomic mass is 9.76. The normalized spacial score (nSPS) is 32.5. The van der Waals surface area contributed by atoms with Crippen molar-refractivity contribution >= 4 is 11.9 Å². The average molecular weight is 289 g/mol. The van der Waals surface area contributed by atoms with Gasteiger partial charge in [-0.2, -0.15) is 0 Å². The van der Waals surface area contributed by atoms with Gasteiger partial charge in [-0.15, -0.1) is 0 Å². The topological polar surface area (TPSA) is 67.0 Å². The van der Waals surface area contributed by atoms with Crippen LogP contribution in [-0.2, 0) is 9.53 Å². The van der Waals surface area contributed by atoms with Crippen LogP contribution in [0.2, 0.25) is 0 Å². The second kappa shape index (κ2) is 5.13. The van der Waals surface area contributed by atoms with Crippen molar-refractivity contribution in [1.82, 2.24) is 9.97 Å². The number of aromatic nitrogens is 2. The number of hydrogen-bond donors (Lipinski definition) is 2. The molecule has 21 heavy (non-hydrogen) atoms. The maximum absolute atomic E-state index is 12.9. The van der Waals surface area contributed by atoms with Crippen LogP contribution in [0.25, 0.3) is 0 Å². The highest BCUT2D eigenvalue weighted by molar-refractivity contribution is 5.94. The molecule has 2 atom stereocenters. The van der Waals surface area contributed by atoms with Crippen LogP contribution in [0.3, 0.4) is 0 Å². The minimum absolute atomic E-state index is 0.0952. The van der Waals surface area contributed by atoms with E-state index in [9.17, 15) is 4.79 Å². The smallest absolute Gasteiger partial charge is 0.235 e. The van der Waals surface area contributed by atoms with E-state index in [-0.39, 0.29) is 17.4 Å². The summed E-state index contributed by atoms with van der Waals surface area (Å²) in [6.07, 6.45) is 10.7. The Morgan fingerprint density at radius 2 is 2.19 bits per heavy atom. The van der Waals surface area contributed by atoms with E-state index < -0.39 is 0 Å². The summed E-state index contributed by atoms with van der Waals surface area (Å²) in [5.41, 5.74) is 0.825. The maximum atomic E-state index is 12.9. The van der Waals surface area contributed by atoms with E-state index >= 15 is 0 Å². The van der Waals surface area contributed by atoms with Gasteiger partial charge in [0.1, 0.15) is 0 Å². The standard InChI is InChI=1S/C16H23N3O2/c20-14(19-15-17-10-12(18-15)11-5-6-11)16-7-3-1-2-4-13(16)21-9-8-16/h10-11,13H,1-9H2,(H2,17,18,19,20)/t13-,16-/m1/s1. The van der Waals surface area contributed by atoms with Gasteiger partial charge in [-0.25, -0.2) is 4.98 Å². The first kappa shape index (κ1) is 13.3. The van der Waals surface area contributed by atoms with Gasteiger partial charge in [-0.3, -0.25) is 10.1 Å². The second-order valence-corrected chi connectivity index (χ2v) is 6.78. The lowest BCUT2D eigenvalue weighted by Crippen LogP contribution is -2.42. The van der Waals surface area contributed by atoms with Gasteiger partial charge in [-0.1, -0.05) is 19.3 Å². The highest BCUT2D eigenvalue weighted by Crippen LogP contribution is 2.45. The molecule has 0 aromatic carbocycles. The summed E-state index contributed by atoms with van der Waals surface area (Å²) in [7, 11) is 0. The summed E-state index contributed by atoms with van der Waals surface area (Å²) in [4.78, 5) is 20.4. The highest BCUT2D eigenvalue weighted by atomic mass is 16.5. The Hall–Kier alpha value is -1.36. The zero-order valence-electron chi connectivity index (χ0n) is 12.4. The average Bonchev–Trinajstić information content (AvgIpc) is 3.16. The molecular weight excluding hydrogens is 266 g/mol. The van der Waals surface area contributed by atoms with E-state index in [4.69, 9.17) is 4.74 Å².